The molecular weight excluding hydrogens is 345 g/mol. The Bertz CT molecular complexity index is 710. The van der Waals surface area contributed by atoms with E-state index < -0.39 is 23.9 Å². The van der Waals surface area contributed by atoms with Crippen LogP contribution in [0.2, 0.25) is 0 Å². The fourth-order valence-corrected chi connectivity index (χ4v) is 3.10. The molecule has 27 heavy (non-hydrogen) atoms. The van der Waals surface area contributed by atoms with Crippen LogP contribution in [0.15, 0.2) is 18.2 Å². The van der Waals surface area contributed by atoms with Crippen molar-refractivity contribution < 1.29 is 23.6 Å². The number of rotatable bonds is 1. The van der Waals surface area contributed by atoms with E-state index in [1.54, 1.807) is 4.90 Å². The number of hydrogen-bond acceptors (Lipinski definition) is 5. The third-order valence-corrected chi connectivity index (χ3v) is 5.30. The Balaban J connectivity index is 1.90. The first-order chi connectivity index (χ1) is 12.4. The van der Waals surface area contributed by atoms with Crippen molar-refractivity contribution in [3.8, 4) is 5.75 Å². The minimum atomic E-state index is -0.543. The van der Waals surface area contributed by atoms with Crippen LogP contribution in [0.25, 0.3) is 0 Å². The van der Waals surface area contributed by atoms with E-state index in [9.17, 15) is 4.79 Å². The number of nitrogens with zero attached hydrogens (tertiary/aromatic N) is 1. The van der Waals surface area contributed by atoms with Gasteiger partial charge in [-0.05, 0) is 60.0 Å². The normalized spacial score (nSPS) is 21.3. The van der Waals surface area contributed by atoms with Crippen LogP contribution in [0, 0.1) is 0 Å². The second kappa shape index (κ2) is 6.71. The first kappa shape index (κ1) is 20.0. The average molecular weight is 375 g/mol. The lowest BCUT2D eigenvalue weighted by Crippen LogP contribution is -2.41. The molecular formula is C20H30BNO5. The fourth-order valence-electron chi connectivity index (χ4n) is 3.10. The van der Waals surface area contributed by atoms with Crippen LogP contribution in [0.3, 0.4) is 0 Å². The summed E-state index contributed by atoms with van der Waals surface area (Å²) in [5, 5.41) is 0. The number of ether oxygens (including phenoxy) is 2. The Morgan fingerprint density at radius 3 is 2.37 bits per heavy atom. The number of amides is 1. The van der Waals surface area contributed by atoms with Gasteiger partial charge in [-0.1, -0.05) is 12.1 Å². The van der Waals surface area contributed by atoms with E-state index in [0.29, 0.717) is 19.7 Å². The van der Waals surface area contributed by atoms with E-state index in [0.717, 1.165) is 16.8 Å². The fraction of sp³-hybridized carbons (Fsp3) is 0.650. The summed E-state index contributed by atoms with van der Waals surface area (Å²) in [6.45, 7) is 15.0. The molecule has 0 radical (unpaired) electrons. The topological polar surface area (TPSA) is 57.2 Å². The van der Waals surface area contributed by atoms with Gasteiger partial charge < -0.3 is 23.7 Å². The summed E-state index contributed by atoms with van der Waals surface area (Å²) in [6, 6.07) is 5.83. The van der Waals surface area contributed by atoms with Crippen molar-refractivity contribution >= 4 is 18.7 Å². The maximum absolute atomic E-state index is 12.6. The Kier molecular flexibility index (Phi) is 4.97. The van der Waals surface area contributed by atoms with Crippen molar-refractivity contribution in [2.24, 2.45) is 0 Å². The van der Waals surface area contributed by atoms with Gasteiger partial charge in [0.2, 0.25) is 0 Å². The molecule has 1 amide bonds. The molecule has 0 aliphatic carbocycles. The summed E-state index contributed by atoms with van der Waals surface area (Å²) in [6.07, 6.45) is -0.345. The van der Waals surface area contributed by atoms with Crippen LogP contribution in [0.1, 0.15) is 54.0 Å². The Hall–Kier alpha value is -1.73. The van der Waals surface area contributed by atoms with Gasteiger partial charge in [-0.2, -0.15) is 0 Å². The molecule has 0 unspecified atom stereocenters. The molecule has 3 rings (SSSR count). The highest BCUT2D eigenvalue weighted by Crippen LogP contribution is 2.37. The quantitative estimate of drug-likeness (QED) is 0.706. The van der Waals surface area contributed by atoms with Crippen molar-refractivity contribution in [2.45, 2.75) is 71.8 Å². The molecule has 1 saturated heterocycles. The molecule has 0 N–H and O–H groups in total. The highest BCUT2D eigenvalue weighted by atomic mass is 16.7. The summed E-state index contributed by atoms with van der Waals surface area (Å²) in [4.78, 5) is 14.3. The zero-order valence-corrected chi connectivity index (χ0v) is 17.4. The van der Waals surface area contributed by atoms with Crippen molar-refractivity contribution in [2.75, 3.05) is 13.2 Å². The van der Waals surface area contributed by atoms with Gasteiger partial charge in [0.15, 0.2) is 0 Å². The van der Waals surface area contributed by atoms with Crippen LogP contribution in [-0.4, -0.2) is 48.1 Å². The highest BCUT2D eigenvalue weighted by Gasteiger charge is 2.52. The Labute approximate surface area is 162 Å². The van der Waals surface area contributed by atoms with Crippen molar-refractivity contribution in [1.82, 2.24) is 4.90 Å². The van der Waals surface area contributed by atoms with E-state index in [1.807, 2.05) is 66.7 Å². The summed E-state index contributed by atoms with van der Waals surface area (Å²) in [7, 11) is -0.507. The van der Waals surface area contributed by atoms with Gasteiger partial charge in [0, 0.05) is 5.56 Å². The van der Waals surface area contributed by atoms with Gasteiger partial charge in [0.25, 0.3) is 0 Å². The monoisotopic (exact) mass is 375 g/mol. The van der Waals surface area contributed by atoms with Crippen LogP contribution in [-0.2, 0) is 20.6 Å². The van der Waals surface area contributed by atoms with E-state index in [2.05, 4.69) is 0 Å². The molecule has 0 aromatic heterocycles. The smallest absolute Gasteiger partial charge is 0.491 e. The molecule has 2 aliphatic rings. The third kappa shape index (κ3) is 4.09. The average Bonchev–Trinajstić information content (AvgIpc) is 2.68. The van der Waals surface area contributed by atoms with Gasteiger partial charge in [-0.25, -0.2) is 4.79 Å². The maximum atomic E-state index is 12.6. The number of carbonyl (C=O) groups is 1. The molecule has 2 heterocycles. The number of fused-ring (bicyclic) bond motifs is 1. The first-order valence-electron chi connectivity index (χ1n) is 9.48. The molecule has 0 spiro atoms. The molecule has 148 valence electrons. The van der Waals surface area contributed by atoms with Gasteiger partial charge >= 0.3 is 13.2 Å². The van der Waals surface area contributed by atoms with Gasteiger partial charge in [-0.3, -0.25) is 0 Å². The lowest BCUT2D eigenvalue weighted by Gasteiger charge is -2.32. The molecule has 0 bridgehead atoms. The standard InChI is InChI=1S/C20H30BNO5/c1-18(2,3)25-17(23)22-11-12-24-16-10-8-9-15(14(16)13-22)21-26-19(4,5)20(6,7)27-21/h8-10H,11-13H2,1-7H3. The summed E-state index contributed by atoms with van der Waals surface area (Å²) in [5.74, 6) is 0.758. The Morgan fingerprint density at radius 2 is 1.78 bits per heavy atom. The SMILES string of the molecule is CC(C)(C)OC(=O)N1CCOc2cccc(B3OC(C)(C)C(C)(C)O3)c2C1. The number of carbonyl (C=O) groups excluding carboxylic acids is 1. The first-order valence-corrected chi connectivity index (χ1v) is 9.48. The lowest BCUT2D eigenvalue weighted by atomic mass is 9.75. The summed E-state index contributed by atoms with van der Waals surface area (Å²) in [5.41, 5.74) is 0.382. The predicted octanol–water partition coefficient (Wildman–Crippen LogP) is 3.12. The zero-order valence-electron chi connectivity index (χ0n) is 17.4. The van der Waals surface area contributed by atoms with Gasteiger partial charge in [-0.15, -0.1) is 0 Å². The van der Waals surface area contributed by atoms with Crippen LogP contribution < -0.4 is 10.2 Å². The lowest BCUT2D eigenvalue weighted by molar-refractivity contribution is 0.00578. The minimum Gasteiger partial charge on any atom is -0.491 e. The van der Waals surface area contributed by atoms with Crippen LogP contribution >= 0.6 is 0 Å². The van der Waals surface area contributed by atoms with E-state index in [4.69, 9.17) is 18.8 Å². The predicted molar refractivity (Wildman–Crippen MR) is 104 cm³/mol. The molecule has 0 saturated carbocycles. The zero-order chi connectivity index (χ0) is 20.0. The van der Waals surface area contributed by atoms with Gasteiger partial charge in [0.05, 0.1) is 24.3 Å². The van der Waals surface area contributed by atoms with Crippen molar-refractivity contribution in [3.63, 3.8) is 0 Å². The highest BCUT2D eigenvalue weighted by molar-refractivity contribution is 6.62. The van der Waals surface area contributed by atoms with Gasteiger partial charge in [0.1, 0.15) is 18.0 Å². The largest absolute Gasteiger partial charge is 0.495 e. The van der Waals surface area contributed by atoms with Crippen LogP contribution in [0.4, 0.5) is 4.79 Å². The molecule has 1 aromatic carbocycles. The van der Waals surface area contributed by atoms with Crippen LogP contribution in [0.5, 0.6) is 5.75 Å². The van der Waals surface area contributed by atoms with E-state index in [1.165, 1.54) is 0 Å². The molecule has 2 aliphatic heterocycles. The second-order valence-electron chi connectivity index (χ2n) is 9.16. The third-order valence-electron chi connectivity index (χ3n) is 5.30. The maximum Gasteiger partial charge on any atom is 0.495 e. The van der Waals surface area contributed by atoms with E-state index >= 15 is 0 Å². The minimum absolute atomic E-state index is 0.345. The van der Waals surface area contributed by atoms with Crippen molar-refractivity contribution in [1.29, 1.82) is 0 Å². The molecule has 7 heteroatoms. The summed E-state index contributed by atoms with van der Waals surface area (Å²) >= 11 is 0. The number of benzene rings is 1. The molecule has 0 atom stereocenters. The number of hydrogen-bond donors (Lipinski definition) is 0. The second-order valence-corrected chi connectivity index (χ2v) is 9.16. The van der Waals surface area contributed by atoms with Crippen molar-refractivity contribution in [3.05, 3.63) is 23.8 Å². The molecule has 6 nitrogen and oxygen atoms in total. The molecule has 1 aromatic rings. The Morgan fingerprint density at radius 1 is 1.15 bits per heavy atom. The molecule has 1 fully saturated rings. The van der Waals surface area contributed by atoms with E-state index in [-0.39, 0.29) is 6.09 Å². The summed E-state index contributed by atoms with van der Waals surface area (Å²) < 4.78 is 23.9.